The lowest BCUT2D eigenvalue weighted by atomic mass is 10.2. The van der Waals surface area contributed by atoms with Gasteiger partial charge in [0.2, 0.25) is 11.8 Å². The van der Waals surface area contributed by atoms with Gasteiger partial charge in [0.15, 0.2) is 5.65 Å². The maximum absolute atomic E-state index is 12.8. The van der Waals surface area contributed by atoms with Gasteiger partial charge in [0.25, 0.3) is 0 Å². The molecule has 0 bridgehead atoms. The second-order valence-electron chi connectivity index (χ2n) is 10.0. The Kier molecular flexibility index (Phi) is 6.33. The fourth-order valence-electron chi connectivity index (χ4n) is 4.79. The van der Waals surface area contributed by atoms with E-state index in [9.17, 15) is 14.4 Å². The third-order valence-corrected chi connectivity index (χ3v) is 7.16. The number of carbonyl (C=O) groups excluding carboxylic acids is 3. The Morgan fingerprint density at radius 3 is 2.67 bits per heavy atom. The average molecular weight is 541 g/mol. The number of nitrogens with one attached hydrogen (secondary N) is 2. The molecular formula is C27H28N10O3. The van der Waals surface area contributed by atoms with E-state index in [2.05, 4.69) is 30.6 Å². The number of urea groups is 1. The molecule has 2 atom stereocenters. The highest BCUT2D eigenvalue weighted by molar-refractivity contribution is 6.13. The number of carbonyl (C=O) groups is 3. The molecule has 2 fully saturated rings. The van der Waals surface area contributed by atoms with Gasteiger partial charge in [0.05, 0.1) is 17.9 Å². The van der Waals surface area contributed by atoms with Crippen molar-refractivity contribution in [3.05, 3.63) is 65.9 Å². The Morgan fingerprint density at radius 1 is 1.10 bits per heavy atom. The molecular weight excluding hydrogens is 512 g/mol. The summed E-state index contributed by atoms with van der Waals surface area (Å²) in [6.07, 6.45) is 8.40. The van der Waals surface area contributed by atoms with E-state index in [1.165, 1.54) is 18.3 Å². The lowest BCUT2D eigenvalue weighted by Crippen LogP contribution is -2.30. The van der Waals surface area contributed by atoms with Crippen LogP contribution in [0.25, 0.3) is 5.65 Å². The smallest absolute Gasteiger partial charge is 0.331 e. The molecule has 1 aliphatic heterocycles. The number of imide groups is 1. The summed E-state index contributed by atoms with van der Waals surface area (Å²) in [6, 6.07) is 5.03. The first kappa shape index (κ1) is 25.3. The Balaban J connectivity index is 1.14. The van der Waals surface area contributed by atoms with Crippen LogP contribution in [0.3, 0.4) is 0 Å². The zero-order valence-electron chi connectivity index (χ0n) is 22.3. The Hall–Kier alpha value is -4.94. The average Bonchev–Trinajstić information content (AvgIpc) is 3.59. The van der Waals surface area contributed by atoms with Crippen LogP contribution < -0.4 is 15.5 Å². The number of aryl methyl sites for hydroxylation is 2. The maximum atomic E-state index is 12.8. The first-order chi connectivity index (χ1) is 19.3. The van der Waals surface area contributed by atoms with E-state index in [0.717, 1.165) is 22.6 Å². The van der Waals surface area contributed by atoms with Crippen LogP contribution in [0.15, 0.2) is 43.1 Å². The van der Waals surface area contributed by atoms with Crippen molar-refractivity contribution < 1.29 is 14.4 Å². The van der Waals surface area contributed by atoms with Crippen LogP contribution in [-0.4, -0.2) is 65.7 Å². The van der Waals surface area contributed by atoms with E-state index in [4.69, 9.17) is 4.98 Å². The van der Waals surface area contributed by atoms with Crippen molar-refractivity contribution >= 4 is 40.8 Å². The van der Waals surface area contributed by atoms with Gasteiger partial charge >= 0.3 is 6.03 Å². The number of fused-ring (bicyclic) bond motifs is 1. The number of nitrogens with zero attached hydrogens (tertiary/aromatic N) is 8. The number of hydrogen-bond acceptors (Lipinski definition) is 9. The maximum Gasteiger partial charge on any atom is 0.331 e. The number of anilines is 3. The molecule has 2 N–H and O–H groups in total. The van der Waals surface area contributed by atoms with Gasteiger partial charge in [-0.05, 0) is 37.5 Å². The summed E-state index contributed by atoms with van der Waals surface area (Å²) in [5, 5.41) is 6.09. The van der Waals surface area contributed by atoms with Gasteiger partial charge in [-0.1, -0.05) is 6.92 Å². The van der Waals surface area contributed by atoms with Gasteiger partial charge in [-0.25, -0.2) is 29.7 Å². The number of pyridine rings is 1. The Labute approximate surface area is 229 Å². The van der Waals surface area contributed by atoms with Crippen molar-refractivity contribution in [1.82, 2.24) is 34.2 Å². The molecule has 1 saturated heterocycles. The highest BCUT2D eigenvalue weighted by atomic mass is 16.2. The molecule has 0 unspecified atom stereocenters. The molecule has 13 heteroatoms. The molecule has 4 aromatic heterocycles. The lowest BCUT2D eigenvalue weighted by molar-refractivity contribution is -0.124. The molecule has 4 aromatic rings. The highest BCUT2D eigenvalue weighted by Gasteiger charge is 2.46. The first-order valence-corrected chi connectivity index (χ1v) is 13.1. The fraction of sp³-hybridized carbons (Fsp3) is 0.333. The van der Waals surface area contributed by atoms with Crippen molar-refractivity contribution in [3.8, 4) is 0 Å². The molecule has 4 amide bonds. The van der Waals surface area contributed by atoms with Crippen molar-refractivity contribution in [2.24, 2.45) is 5.92 Å². The standard InChI is InChI=1S/C27H28N10O3/c1-4-16-7-20(37-13-23(38)35(3)27(37)40)25-33-17(12-36(25)11-16)10-29-21-9-22(31-14-30-21)34-26(39)19-8-18(19)24-28-6-5-15(2)32-24/h5-7,9,11-12,14,18-19H,4,8,10,13H2,1-3H3,(H2,29,30,31,34,39)/t18-,19-/m0/s1. The van der Waals surface area contributed by atoms with E-state index >= 15 is 0 Å². The molecule has 0 spiro atoms. The summed E-state index contributed by atoms with van der Waals surface area (Å²) in [5.74, 6) is 1.05. The quantitative estimate of drug-likeness (QED) is 0.321. The highest BCUT2D eigenvalue weighted by Crippen LogP contribution is 2.46. The molecule has 0 radical (unpaired) electrons. The van der Waals surface area contributed by atoms with Crippen molar-refractivity contribution in [3.63, 3.8) is 0 Å². The Morgan fingerprint density at radius 2 is 1.93 bits per heavy atom. The van der Waals surface area contributed by atoms with Crippen LogP contribution >= 0.6 is 0 Å². The molecule has 204 valence electrons. The molecule has 0 aromatic carbocycles. The lowest BCUT2D eigenvalue weighted by Gasteiger charge is -2.16. The minimum absolute atomic E-state index is 0.0156. The number of likely N-dealkylation sites (N-methyl/N-ethyl adjacent to an activating group) is 1. The van der Waals surface area contributed by atoms with E-state index < -0.39 is 0 Å². The summed E-state index contributed by atoms with van der Waals surface area (Å²) in [6.45, 7) is 4.25. The summed E-state index contributed by atoms with van der Waals surface area (Å²) >= 11 is 0. The van der Waals surface area contributed by atoms with Crippen LogP contribution in [0.4, 0.5) is 22.1 Å². The molecule has 2 aliphatic rings. The summed E-state index contributed by atoms with van der Waals surface area (Å²) in [7, 11) is 1.48. The number of aromatic nitrogens is 6. The molecule has 1 aliphatic carbocycles. The predicted molar refractivity (Wildman–Crippen MR) is 146 cm³/mol. The fourth-order valence-corrected chi connectivity index (χ4v) is 4.79. The summed E-state index contributed by atoms with van der Waals surface area (Å²) in [5.41, 5.74) is 3.77. The van der Waals surface area contributed by atoms with Gasteiger partial charge in [-0.15, -0.1) is 0 Å². The van der Waals surface area contributed by atoms with Crippen molar-refractivity contribution in [2.45, 2.75) is 39.2 Å². The Bertz CT molecular complexity index is 1650. The first-order valence-electron chi connectivity index (χ1n) is 13.1. The second-order valence-corrected chi connectivity index (χ2v) is 10.0. The SMILES string of the molecule is CCc1cc(N2CC(=O)N(C)C2=O)c2nc(CNc3cc(NC(=O)[C@H]4C[C@@H]4c4nccc(C)n4)ncn3)cn2c1. The number of rotatable bonds is 8. The number of imidazole rings is 1. The topological polar surface area (TPSA) is 151 Å². The third kappa shape index (κ3) is 4.81. The van der Waals surface area contributed by atoms with Gasteiger partial charge < -0.3 is 15.0 Å². The second kappa shape index (κ2) is 9.98. The van der Waals surface area contributed by atoms with Gasteiger partial charge in [-0.2, -0.15) is 0 Å². The molecule has 6 rings (SSSR count). The zero-order valence-corrected chi connectivity index (χ0v) is 22.3. The van der Waals surface area contributed by atoms with E-state index in [1.807, 2.05) is 42.8 Å². The molecule has 5 heterocycles. The van der Waals surface area contributed by atoms with Crippen LogP contribution in [0.2, 0.25) is 0 Å². The monoisotopic (exact) mass is 540 g/mol. The summed E-state index contributed by atoms with van der Waals surface area (Å²) in [4.78, 5) is 62.1. The van der Waals surface area contributed by atoms with Crippen LogP contribution in [0, 0.1) is 12.8 Å². The van der Waals surface area contributed by atoms with E-state index in [-0.39, 0.29) is 36.2 Å². The molecule has 13 nitrogen and oxygen atoms in total. The van der Waals surface area contributed by atoms with Gasteiger partial charge in [0, 0.05) is 49.2 Å². The summed E-state index contributed by atoms with van der Waals surface area (Å²) < 4.78 is 1.87. The van der Waals surface area contributed by atoms with Crippen molar-refractivity contribution in [1.29, 1.82) is 0 Å². The third-order valence-electron chi connectivity index (χ3n) is 7.16. The normalized spacial score (nSPS) is 18.5. The van der Waals surface area contributed by atoms with Crippen LogP contribution in [0.5, 0.6) is 0 Å². The van der Waals surface area contributed by atoms with Crippen LogP contribution in [0.1, 0.15) is 42.0 Å². The zero-order chi connectivity index (χ0) is 28.0. The minimum atomic E-state index is -0.373. The van der Waals surface area contributed by atoms with E-state index in [0.29, 0.717) is 47.5 Å². The molecule has 40 heavy (non-hydrogen) atoms. The van der Waals surface area contributed by atoms with Gasteiger partial charge in [-0.3, -0.25) is 19.4 Å². The minimum Gasteiger partial charge on any atom is -0.364 e. The van der Waals surface area contributed by atoms with Gasteiger partial charge in [0.1, 0.15) is 30.3 Å². The van der Waals surface area contributed by atoms with Crippen molar-refractivity contribution in [2.75, 3.05) is 29.1 Å². The number of hydrogen-bond donors (Lipinski definition) is 2. The largest absolute Gasteiger partial charge is 0.364 e. The molecule has 1 saturated carbocycles. The predicted octanol–water partition coefficient (Wildman–Crippen LogP) is 2.54. The van der Waals surface area contributed by atoms with Crippen LogP contribution in [-0.2, 0) is 22.6 Å². The number of amides is 4. The van der Waals surface area contributed by atoms with E-state index in [1.54, 1.807) is 12.3 Å².